The lowest BCUT2D eigenvalue weighted by Gasteiger charge is -2.24. The number of para-hydroxylation sites is 1. The van der Waals surface area contributed by atoms with Crippen LogP contribution in [0.3, 0.4) is 0 Å². The summed E-state index contributed by atoms with van der Waals surface area (Å²) in [6.45, 7) is 2.57. The average molecular weight is 540 g/mol. The number of aryl methyl sites for hydroxylation is 1. The Bertz CT molecular complexity index is 1440. The number of amides is 4. The highest BCUT2D eigenvalue weighted by atomic mass is 16.6. The number of nitro groups is 1. The molecule has 10 heteroatoms. The highest BCUT2D eigenvalue weighted by molar-refractivity contribution is 6.01. The minimum absolute atomic E-state index is 0.0605. The summed E-state index contributed by atoms with van der Waals surface area (Å²) in [5.74, 6) is 1.35. The van der Waals surface area contributed by atoms with Crippen molar-refractivity contribution in [2.75, 3.05) is 28.6 Å². The number of urea groups is 2. The van der Waals surface area contributed by atoms with Gasteiger partial charge in [0.15, 0.2) is 0 Å². The minimum Gasteiger partial charge on any atom is -0.457 e. The predicted octanol–water partition coefficient (Wildman–Crippen LogP) is 6.95. The fraction of sp³-hybridized carbons (Fsp3) is 0.133. The zero-order chi connectivity index (χ0) is 28.3. The van der Waals surface area contributed by atoms with Crippen LogP contribution in [0, 0.1) is 17.0 Å². The monoisotopic (exact) mass is 539 g/mol. The second-order valence-corrected chi connectivity index (χ2v) is 8.90. The smallest absolute Gasteiger partial charge is 0.326 e. The van der Waals surface area contributed by atoms with Gasteiger partial charge >= 0.3 is 12.1 Å². The molecule has 3 N–H and O–H groups in total. The molecule has 0 fully saturated rings. The van der Waals surface area contributed by atoms with Gasteiger partial charge in [-0.25, -0.2) is 9.59 Å². The number of anilines is 3. The Hall–Kier alpha value is -5.38. The molecule has 40 heavy (non-hydrogen) atoms. The molecule has 10 nitrogen and oxygen atoms in total. The maximum atomic E-state index is 13.3. The van der Waals surface area contributed by atoms with Crippen LogP contribution in [0.25, 0.3) is 0 Å². The zero-order valence-corrected chi connectivity index (χ0v) is 21.9. The maximum absolute atomic E-state index is 13.3. The minimum atomic E-state index is -0.505. The molecule has 4 rings (SSSR count). The molecular formula is C30H29N5O5. The van der Waals surface area contributed by atoms with Crippen LogP contribution in [-0.4, -0.2) is 30.1 Å². The van der Waals surface area contributed by atoms with E-state index < -0.39 is 11.0 Å². The van der Waals surface area contributed by atoms with E-state index in [1.54, 1.807) is 17.0 Å². The Balaban J connectivity index is 1.37. The SMILES string of the molecule is Cc1cccc(NC(=O)N(CCCNC(=O)Nc2ccc([N+](=O)[O-])cc2)c2ccc(Oc3ccccc3)cc2)c1. The fourth-order valence-electron chi connectivity index (χ4n) is 3.86. The number of hydrogen-bond acceptors (Lipinski definition) is 5. The number of ether oxygens (including phenoxy) is 1. The largest absolute Gasteiger partial charge is 0.457 e. The van der Waals surface area contributed by atoms with E-state index in [2.05, 4.69) is 16.0 Å². The molecule has 0 bridgehead atoms. The molecule has 0 aliphatic heterocycles. The Morgan fingerprint density at radius 3 is 2.20 bits per heavy atom. The Labute approximate surface area is 231 Å². The standard InChI is InChI=1S/C30H29N5O5/c1-22-7-5-8-24(21-22)33-30(37)34(25-15-17-28(18-16-25)40-27-9-3-2-4-10-27)20-6-19-31-29(36)32-23-11-13-26(14-12-23)35(38)39/h2-5,7-18,21H,6,19-20H2,1H3,(H,33,37)(H2,31,32,36). The number of carbonyl (C=O) groups excluding carboxylic acids is 2. The lowest BCUT2D eigenvalue weighted by atomic mass is 10.2. The lowest BCUT2D eigenvalue weighted by Crippen LogP contribution is -2.38. The lowest BCUT2D eigenvalue weighted by molar-refractivity contribution is -0.384. The molecular weight excluding hydrogens is 510 g/mol. The van der Waals surface area contributed by atoms with Crippen LogP contribution in [0.5, 0.6) is 11.5 Å². The predicted molar refractivity (Wildman–Crippen MR) is 155 cm³/mol. The number of hydrogen-bond donors (Lipinski definition) is 3. The number of benzene rings is 4. The maximum Gasteiger partial charge on any atom is 0.326 e. The van der Waals surface area contributed by atoms with Crippen molar-refractivity contribution in [2.24, 2.45) is 0 Å². The van der Waals surface area contributed by atoms with E-state index in [4.69, 9.17) is 4.74 Å². The zero-order valence-electron chi connectivity index (χ0n) is 21.9. The summed E-state index contributed by atoms with van der Waals surface area (Å²) >= 11 is 0. The van der Waals surface area contributed by atoms with Gasteiger partial charge in [-0.05, 0) is 79.6 Å². The van der Waals surface area contributed by atoms with Crippen molar-refractivity contribution in [2.45, 2.75) is 13.3 Å². The van der Waals surface area contributed by atoms with Crippen LogP contribution in [-0.2, 0) is 0 Å². The van der Waals surface area contributed by atoms with Crippen LogP contribution in [0.2, 0.25) is 0 Å². The second-order valence-electron chi connectivity index (χ2n) is 8.90. The summed E-state index contributed by atoms with van der Waals surface area (Å²) in [6, 6.07) is 28.9. The van der Waals surface area contributed by atoms with Crippen LogP contribution in [0.4, 0.5) is 32.3 Å². The first-order valence-corrected chi connectivity index (χ1v) is 12.6. The third-order valence-corrected chi connectivity index (χ3v) is 5.82. The molecule has 204 valence electrons. The van der Waals surface area contributed by atoms with Crippen molar-refractivity contribution in [3.63, 3.8) is 0 Å². The fourth-order valence-corrected chi connectivity index (χ4v) is 3.86. The van der Waals surface area contributed by atoms with Crippen LogP contribution in [0.1, 0.15) is 12.0 Å². The number of nitrogens with one attached hydrogen (secondary N) is 3. The molecule has 0 aromatic heterocycles. The van der Waals surface area contributed by atoms with Crippen molar-refractivity contribution in [1.29, 1.82) is 0 Å². The molecule has 4 aromatic carbocycles. The van der Waals surface area contributed by atoms with E-state index in [1.807, 2.05) is 73.7 Å². The number of rotatable bonds is 10. The van der Waals surface area contributed by atoms with Gasteiger partial charge in [0.1, 0.15) is 11.5 Å². The molecule has 4 amide bonds. The van der Waals surface area contributed by atoms with E-state index >= 15 is 0 Å². The van der Waals surface area contributed by atoms with Crippen LogP contribution >= 0.6 is 0 Å². The van der Waals surface area contributed by atoms with Gasteiger partial charge in [-0.2, -0.15) is 0 Å². The molecule has 0 atom stereocenters. The first kappa shape index (κ1) is 27.6. The second kappa shape index (κ2) is 13.4. The summed E-state index contributed by atoms with van der Waals surface area (Å²) < 4.78 is 5.87. The van der Waals surface area contributed by atoms with E-state index in [9.17, 15) is 19.7 Å². The van der Waals surface area contributed by atoms with E-state index in [0.29, 0.717) is 48.1 Å². The van der Waals surface area contributed by atoms with Gasteiger partial charge in [0.05, 0.1) is 4.92 Å². The van der Waals surface area contributed by atoms with Gasteiger partial charge in [0.25, 0.3) is 5.69 Å². The molecule has 0 saturated heterocycles. The molecule has 0 saturated carbocycles. The number of carbonyl (C=O) groups is 2. The van der Waals surface area contributed by atoms with Gasteiger partial charge in [0, 0.05) is 42.3 Å². The molecule has 0 spiro atoms. The number of nitro benzene ring substituents is 1. The highest BCUT2D eigenvalue weighted by Gasteiger charge is 2.17. The Kier molecular flexibility index (Phi) is 9.28. The number of nitrogens with zero attached hydrogens (tertiary/aromatic N) is 2. The first-order valence-electron chi connectivity index (χ1n) is 12.6. The van der Waals surface area contributed by atoms with E-state index in [0.717, 1.165) is 5.56 Å². The summed E-state index contributed by atoms with van der Waals surface area (Å²) in [5, 5.41) is 19.1. The van der Waals surface area contributed by atoms with Crippen molar-refractivity contribution in [3.05, 3.63) is 119 Å². The summed E-state index contributed by atoms with van der Waals surface area (Å²) in [7, 11) is 0. The Morgan fingerprint density at radius 1 is 0.825 bits per heavy atom. The van der Waals surface area contributed by atoms with Gasteiger partial charge in [-0.1, -0.05) is 30.3 Å². The number of non-ortho nitro benzene ring substituents is 1. The van der Waals surface area contributed by atoms with Gasteiger partial charge in [0.2, 0.25) is 0 Å². The topological polar surface area (TPSA) is 126 Å². The molecule has 0 aliphatic carbocycles. The van der Waals surface area contributed by atoms with E-state index in [1.165, 1.54) is 24.3 Å². The quantitative estimate of drug-likeness (QED) is 0.114. The highest BCUT2D eigenvalue weighted by Crippen LogP contribution is 2.25. The van der Waals surface area contributed by atoms with Crippen LogP contribution < -0.4 is 25.6 Å². The van der Waals surface area contributed by atoms with Crippen molar-refractivity contribution in [1.82, 2.24) is 5.32 Å². The van der Waals surface area contributed by atoms with Gasteiger partial charge < -0.3 is 20.7 Å². The molecule has 4 aromatic rings. The van der Waals surface area contributed by atoms with Gasteiger partial charge in [-0.3, -0.25) is 15.0 Å². The van der Waals surface area contributed by atoms with Crippen LogP contribution in [0.15, 0.2) is 103 Å². The van der Waals surface area contributed by atoms with E-state index in [-0.39, 0.29) is 11.7 Å². The molecule has 0 radical (unpaired) electrons. The first-order chi connectivity index (χ1) is 19.4. The Morgan fingerprint density at radius 2 is 1.52 bits per heavy atom. The normalized spacial score (nSPS) is 10.3. The third kappa shape index (κ3) is 8.06. The van der Waals surface area contributed by atoms with Gasteiger partial charge in [-0.15, -0.1) is 0 Å². The molecule has 0 unspecified atom stereocenters. The average Bonchev–Trinajstić information content (AvgIpc) is 2.94. The summed E-state index contributed by atoms with van der Waals surface area (Å²) in [5.41, 5.74) is 2.74. The third-order valence-electron chi connectivity index (χ3n) is 5.82. The molecule has 0 heterocycles. The van der Waals surface area contributed by atoms with Crippen molar-refractivity contribution >= 4 is 34.8 Å². The van der Waals surface area contributed by atoms with Crippen molar-refractivity contribution in [3.8, 4) is 11.5 Å². The van der Waals surface area contributed by atoms with Crippen molar-refractivity contribution < 1.29 is 19.2 Å². The molecule has 0 aliphatic rings. The summed E-state index contributed by atoms with van der Waals surface area (Å²) in [4.78, 5) is 37.4. The summed E-state index contributed by atoms with van der Waals surface area (Å²) in [6.07, 6.45) is 0.469.